The smallest absolute Gasteiger partial charge is 0.322 e. The van der Waals surface area contributed by atoms with Crippen LogP contribution in [0, 0.1) is 11.8 Å². The Morgan fingerprint density at radius 3 is 2.50 bits per heavy atom. The van der Waals surface area contributed by atoms with Gasteiger partial charge in [0.2, 0.25) is 0 Å². The summed E-state index contributed by atoms with van der Waals surface area (Å²) in [4.78, 5) is 24.6. The van der Waals surface area contributed by atoms with E-state index in [1.165, 1.54) is 0 Å². The highest BCUT2D eigenvalue weighted by Gasteiger charge is 2.37. The van der Waals surface area contributed by atoms with Gasteiger partial charge in [0.1, 0.15) is 5.69 Å². The Labute approximate surface area is 142 Å². The summed E-state index contributed by atoms with van der Waals surface area (Å²) in [6.07, 6.45) is 4.10. The molecule has 1 saturated heterocycles. The number of amides is 2. The molecule has 0 atom stereocenters. The summed E-state index contributed by atoms with van der Waals surface area (Å²) in [5.41, 5.74) is 1.38. The lowest BCUT2D eigenvalue weighted by Crippen LogP contribution is -2.57. The highest BCUT2D eigenvalue weighted by atomic mass is 16.2. The minimum atomic E-state index is -0.137. The number of urea groups is 1. The molecular weight excluding hydrogens is 300 g/mol. The zero-order valence-electron chi connectivity index (χ0n) is 14.2. The number of nitrogens with zero attached hydrogens (tertiary/aromatic N) is 4. The fourth-order valence-electron chi connectivity index (χ4n) is 2.48. The van der Waals surface area contributed by atoms with E-state index in [4.69, 9.17) is 0 Å². The Kier molecular flexibility index (Phi) is 4.22. The molecule has 1 aliphatic heterocycles. The molecule has 0 radical (unpaired) electrons. The van der Waals surface area contributed by atoms with Gasteiger partial charge in [-0.1, -0.05) is 24.1 Å². The van der Waals surface area contributed by atoms with Crippen molar-refractivity contribution in [2.24, 2.45) is 0 Å². The van der Waals surface area contributed by atoms with Crippen molar-refractivity contribution in [1.82, 2.24) is 14.9 Å². The summed E-state index contributed by atoms with van der Waals surface area (Å²) in [6, 6.07) is 9.67. The minimum Gasteiger partial charge on any atom is -0.322 e. The summed E-state index contributed by atoms with van der Waals surface area (Å²) >= 11 is 0. The predicted molar refractivity (Wildman–Crippen MR) is 93.7 cm³/mol. The van der Waals surface area contributed by atoms with Crippen molar-refractivity contribution in [2.45, 2.75) is 25.8 Å². The standard InChI is InChI=1S/C19H20N4O/c1-19(2)11-12-23(18(24)22(19)3)17-14-20-16(13-21-17)10-9-15-7-5-4-6-8-15/h4-8,13-14H,11-12H2,1-3H3. The van der Waals surface area contributed by atoms with Gasteiger partial charge in [-0.3, -0.25) is 4.90 Å². The molecule has 1 aliphatic rings. The number of aromatic nitrogens is 2. The SMILES string of the molecule is CN1C(=O)N(c2cnc(C#Cc3ccccc3)cn2)CCC1(C)C. The van der Waals surface area contributed by atoms with Crippen molar-refractivity contribution in [1.29, 1.82) is 0 Å². The summed E-state index contributed by atoms with van der Waals surface area (Å²) in [5.74, 6) is 6.59. The van der Waals surface area contributed by atoms with Crippen molar-refractivity contribution >= 4 is 11.8 Å². The van der Waals surface area contributed by atoms with Crippen molar-refractivity contribution in [2.75, 3.05) is 18.5 Å². The molecule has 2 amide bonds. The second-order valence-corrected chi connectivity index (χ2v) is 6.43. The Morgan fingerprint density at radius 2 is 1.83 bits per heavy atom. The molecule has 5 nitrogen and oxygen atoms in total. The van der Waals surface area contributed by atoms with Gasteiger partial charge in [-0.15, -0.1) is 0 Å². The van der Waals surface area contributed by atoms with Crippen LogP contribution in [0.5, 0.6) is 0 Å². The van der Waals surface area contributed by atoms with Crippen LogP contribution in [0.25, 0.3) is 0 Å². The third kappa shape index (κ3) is 3.23. The van der Waals surface area contributed by atoms with Crippen LogP contribution in [0.2, 0.25) is 0 Å². The van der Waals surface area contributed by atoms with Crippen molar-refractivity contribution in [3.8, 4) is 11.8 Å². The molecule has 0 saturated carbocycles. The van der Waals surface area contributed by atoms with E-state index in [-0.39, 0.29) is 11.6 Å². The van der Waals surface area contributed by atoms with Gasteiger partial charge in [0, 0.05) is 24.7 Å². The maximum Gasteiger partial charge on any atom is 0.325 e. The number of carbonyl (C=O) groups is 1. The van der Waals surface area contributed by atoms with Gasteiger partial charge in [-0.2, -0.15) is 0 Å². The molecule has 0 aliphatic carbocycles. The van der Waals surface area contributed by atoms with Gasteiger partial charge in [0.15, 0.2) is 5.82 Å². The van der Waals surface area contributed by atoms with Gasteiger partial charge in [-0.05, 0) is 38.3 Å². The van der Waals surface area contributed by atoms with E-state index < -0.39 is 0 Å². The van der Waals surface area contributed by atoms with E-state index in [0.717, 1.165) is 12.0 Å². The molecule has 5 heteroatoms. The highest BCUT2D eigenvalue weighted by molar-refractivity contribution is 5.92. The first kappa shape index (κ1) is 16.0. The lowest BCUT2D eigenvalue weighted by Gasteiger charge is -2.44. The molecule has 1 fully saturated rings. The number of benzene rings is 1. The molecule has 3 rings (SSSR count). The van der Waals surface area contributed by atoms with Gasteiger partial charge in [0.05, 0.1) is 12.4 Å². The molecule has 1 aromatic carbocycles. The normalized spacial score (nSPS) is 16.5. The van der Waals surface area contributed by atoms with E-state index in [9.17, 15) is 4.79 Å². The maximum atomic E-state index is 12.5. The molecule has 0 unspecified atom stereocenters. The van der Waals surface area contributed by atoms with Crippen LogP contribution in [0.1, 0.15) is 31.5 Å². The molecule has 0 N–H and O–H groups in total. The monoisotopic (exact) mass is 320 g/mol. The van der Waals surface area contributed by atoms with Crippen LogP contribution < -0.4 is 4.90 Å². The second kappa shape index (κ2) is 6.32. The third-order valence-electron chi connectivity index (χ3n) is 4.40. The fourth-order valence-corrected chi connectivity index (χ4v) is 2.48. The summed E-state index contributed by atoms with van der Waals surface area (Å²) < 4.78 is 0. The maximum absolute atomic E-state index is 12.5. The average molecular weight is 320 g/mol. The quantitative estimate of drug-likeness (QED) is 0.759. The third-order valence-corrected chi connectivity index (χ3v) is 4.40. The predicted octanol–water partition coefficient (Wildman–Crippen LogP) is 2.92. The van der Waals surface area contributed by atoms with Crippen LogP contribution in [0.3, 0.4) is 0 Å². The summed E-state index contributed by atoms with van der Waals surface area (Å²) in [7, 11) is 1.82. The number of hydrogen-bond donors (Lipinski definition) is 0. The lowest BCUT2D eigenvalue weighted by molar-refractivity contribution is 0.140. The van der Waals surface area contributed by atoms with Gasteiger partial charge in [0.25, 0.3) is 0 Å². The molecule has 0 spiro atoms. The van der Waals surface area contributed by atoms with E-state index in [2.05, 4.69) is 35.7 Å². The topological polar surface area (TPSA) is 49.3 Å². The Balaban J connectivity index is 1.76. The number of hydrogen-bond acceptors (Lipinski definition) is 3. The Bertz CT molecular complexity index is 788. The largest absolute Gasteiger partial charge is 0.325 e. The van der Waals surface area contributed by atoms with Gasteiger partial charge >= 0.3 is 6.03 Å². The van der Waals surface area contributed by atoms with Crippen molar-refractivity contribution < 1.29 is 4.79 Å². The summed E-state index contributed by atoms with van der Waals surface area (Å²) in [5, 5.41) is 0. The van der Waals surface area contributed by atoms with E-state index in [0.29, 0.717) is 18.1 Å². The average Bonchev–Trinajstić information content (AvgIpc) is 2.60. The lowest BCUT2D eigenvalue weighted by atomic mass is 9.96. The molecule has 2 aromatic rings. The van der Waals surface area contributed by atoms with Crippen LogP contribution in [-0.2, 0) is 0 Å². The van der Waals surface area contributed by atoms with Crippen molar-refractivity contribution in [3.05, 3.63) is 54.0 Å². The number of rotatable bonds is 1. The summed E-state index contributed by atoms with van der Waals surface area (Å²) in [6.45, 7) is 4.77. The zero-order valence-corrected chi connectivity index (χ0v) is 14.2. The highest BCUT2D eigenvalue weighted by Crippen LogP contribution is 2.27. The first-order valence-corrected chi connectivity index (χ1v) is 7.92. The first-order chi connectivity index (χ1) is 11.5. The van der Waals surface area contributed by atoms with Crippen molar-refractivity contribution in [3.63, 3.8) is 0 Å². The van der Waals surface area contributed by atoms with Crippen LogP contribution in [-0.4, -0.2) is 40.0 Å². The van der Waals surface area contributed by atoms with E-state index >= 15 is 0 Å². The van der Waals surface area contributed by atoms with Crippen LogP contribution >= 0.6 is 0 Å². The zero-order chi connectivity index (χ0) is 17.2. The molecular formula is C19H20N4O. The van der Waals surface area contributed by atoms with Gasteiger partial charge in [-0.25, -0.2) is 14.8 Å². The minimum absolute atomic E-state index is 0.0522. The Hall–Kier alpha value is -2.87. The van der Waals surface area contributed by atoms with E-state index in [1.807, 2.05) is 37.4 Å². The molecule has 122 valence electrons. The number of carbonyl (C=O) groups excluding carboxylic acids is 1. The second-order valence-electron chi connectivity index (χ2n) is 6.43. The Morgan fingerprint density at radius 1 is 1.08 bits per heavy atom. The van der Waals surface area contributed by atoms with Crippen LogP contribution in [0.15, 0.2) is 42.7 Å². The van der Waals surface area contributed by atoms with E-state index in [1.54, 1.807) is 22.2 Å². The fraction of sp³-hybridized carbons (Fsp3) is 0.316. The van der Waals surface area contributed by atoms with Gasteiger partial charge < -0.3 is 4.90 Å². The molecule has 2 heterocycles. The molecule has 0 bridgehead atoms. The van der Waals surface area contributed by atoms with Crippen LogP contribution in [0.4, 0.5) is 10.6 Å². The number of anilines is 1. The molecule has 24 heavy (non-hydrogen) atoms. The molecule has 1 aromatic heterocycles. The first-order valence-electron chi connectivity index (χ1n) is 7.92.